The molecule has 0 heterocycles. The van der Waals surface area contributed by atoms with E-state index in [4.69, 9.17) is 0 Å². The standard InChI is InChI=1S/C19H20N2O4/c1-4-10-21(13-15-8-6-5-7-9-15)14-16(12-20)11-17(18(22)24-2)19(23)25-3/h4-9,11,14H,1,10,13H2,2-3H3/b16-14+. The van der Waals surface area contributed by atoms with Crippen LogP contribution in [0.25, 0.3) is 0 Å². The molecule has 0 saturated carbocycles. The molecule has 0 aromatic heterocycles. The summed E-state index contributed by atoms with van der Waals surface area (Å²) in [4.78, 5) is 25.3. The molecule has 6 heteroatoms. The number of hydrogen-bond acceptors (Lipinski definition) is 6. The number of ether oxygens (including phenoxy) is 2. The van der Waals surface area contributed by atoms with Gasteiger partial charge in [-0.15, -0.1) is 6.58 Å². The third-order valence-electron chi connectivity index (χ3n) is 3.15. The van der Waals surface area contributed by atoms with Gasteiger partial charge in [-0.3, -0.25) is 0 Å². The van der Waals surface area contributed by atoms with Crippen molar-refractivity contribution in [3.63, 3.8) is 0 Å². The number of nitrogens with zero attached hydrogens (tertiary/aromatic N) is 2. The van der Waals surface area contributed by atoms with E-state index in [0.717, 1.165) is 25.9 Å². The minimum atomic E-state index is -0.869. The van der Waals surface area contributed by atoms with Crippen molar-refractivity contribution in [2.45, 2.75) is 6.54 Å². The van der Waals surface area contributed by atoms with Gasteiger partial charge in [0.2, 0.25) is 0 Å². The van der Waals surface area contributed by atoms with E-state index in [9.17, 15) is 14.9 Å². The minimum absolute atomic E-state index is 0.114. The molecule has 6 nitrogen and oxygen atoms in total. The van der Waals surface area contributed by atoms with Crippen molar-refractivity contribution in [2.24, 2.45) is 0 Å². The van der Waals surface area contributed by atoms with Gasteiger partial charge >= 0.3 is 11.9 Å². The van der Waals surface area contributed by atoms with Crippen LogP contribution in [0.1, 0.15) is 5.56 Å². The SMILES string of the molecule is C=CCN(/C=C(/C#N)C=C(C(=O)OC)C(=O)OC)Cc1ccccc1. The summed E-state index contributed by atoms with van der Waals surface area (Å²) in [6, 6.07) is 11.6. The predicted octanol–water partition coefficient (Wildman–Crippen LogP) is 2.35. The van der Waals surface area contributed by atoms with Gasteiger partial charge in [-0.25, -0.2) is 9.59 Å². The molecule has 1 rings (SSSR count). The van der Waals surface area contributed by atoms with E-state index in [-0.39, 0.29) is 11.1 Å². The number of esters is 2. The van der Waals surface area contributed by atoms with E-state index in [1.807, 2.05) is 41.3 Å². The average Bonchev–Trinajstić information content (AvgIpc) is 2.64. The normalized spacial score (nSPS) is 10.2. The maximum absolute atomic E-state index is 11.7. The molecule has 0 spiro atoms. The molecular weight excluding hydrogens is 320 g/mol. The first-order valence-corrected chi connectivity index (χ1v) is 7.44. The number of rotatable bonds is 8. The maximum atomic E-state index is 11.7. The van der Waals surface area contributed by atoms with Gasteiger partial charge in [0, 0.05) is 19.3 Å². The predicted molar refractivity (Wildman–Crippen MR) is 92.9 cm³/mol. The maximum Gasteiger partial charge on any atom is 0.345 e. The molecule has 25 heavy (non-hydrogen) atoms. The lowest BCUT2D eigenvalue weighted by atomic mass is 10.1. The minimum Gasteiger partial charge on any atom is -0.465 e. The van der Waals surface area contributed by atoms with E-state index in [0.29, 0.717) is 13.1 Å². The average molecular weight is 340 g/mol. The molecule has 0 N–H and O–H groups in total. The summed E-state index contributed by atoms with van der Waals surface area (Å²) in [5, 5.41) is 9.35. The van der Waals surface area contributed by atoms with Crippen molar-refractivity contribution in [1.82, 2.24) is 4.90 Å². The van der Waals surface area contributed by atoms with Gasteiger partial charge in [0.05, 0.1) is 19.8 Å². The Balaban J connectivity index is 3.16. The highest BCUT2D eigenvalue weighted by atomic mass is 16.5. The van der Waals surface area contributed by atoms with E-state index >= 15 is 0 Å². The lowest BCUT2D eigenvalue weighted by Crippen LogP contribution is -2.18. The monoisotopic (exact) mass is 340 g/mol. The highest BCUT2D eigenvalue weighted by Crippen LogP contribution is 2.11. The highest BCUT2D eigenvalue weighted by Gasteiger charge is 2.20. The second-order valence-corrected chi connectivity index (χ2v) is 4.94. The second kappa shape index (κ2) is 10.4. The van der Waals surface area contributed by atoms with Crippen LogP contribution in [0.5, 0.6) is 0 Å². The van der Waals surface area contributed by atoms with Crippen LogP contribution >= 0.6 is 0 Å². The van der Waals surface area contributed by atoms with Gasteiger partial charge in [0.25, 0.3) is 0 Å². The molecule has 130 valence electrons. The zero-order valence-corrected chi connectivity index (χ0v) is 14.3. The first kappa shape index (κ1) is 19.7. The number of carbonyl (C=O) groups excluding carboxylic acids is 2. The number of allylic oxidation sites excluding steroid dienone is 2. The van der Waals surface area contributed by atoms with Crippen molar-refractivity contribution in [2.75, 3.05) is 20.8 Å². The quantitative estimate of drug-likeness (QED) is 0.137. The fourth-order valence-electron chi connectivity index (χ4n) is 2.02. The molecule has 0 fully saturated rings. The summed E-state index contributed by atoms with van der Waals surface area (Å²) in [6.45, 7) is 4.73. The Kier molecular flexibility index (Phi) is 8.24. The zero-order valence-electron chi connectivity index (χ0n) is 14.3. The number of methoxy groups -OCH3 is 2. The number of nitriles is 1. The van der Waals surface area contributed by atoms with E-state index in [1.165, 1.54) is 0 Å². The van der Waals surface area contributed by atoms with E-state index in [1.54, 1.807) is 12.3 Å². The van der Waals surface area contributed by atoms with Crippen LogP contribution in [0.15, 0.2) is 66.4 Å². The van der Waals surface area contributed by atoms with Crippen LogP contribution in [-0.2, 0) is 25.6 Å². The summed E-state index contributed by atoms with van der Waals surface area (Å²) in [6.07, 6.45) is 4.40. The Labute approximate surface area is 147 Å². The van der Waals surface area contributed by atoms with Gasteiger partial charge in [-0.1, -0.05) is 36.4 Å². The van der Waals surface area contributed by atoms with E-state index in [2.05, 4.69) is 16.1 Å². The number of benzene rings is 1. The molecule has 1 aromatic carbocycles. The zero-order chi connectivity index (χ0) is 18.7. The van der Waals surface area contributed by atoms with Crippen LogP contribution in [0.2, 0.25) is 0 Å². The summed E-state index contributed by atoms with van der Waals surface area (Å²) in [7, 11) is 2.29. The Hall–Kier alpha value is -3.33. The Morgan fingerprint density at radius 2 is 1.80 bits per heavy atom. The fourth-order valence-corrected chi connectivity index (χ4v) is 2.02. The largest absolute Gasteiger partial charge is 0.465 e. The molecule has 0 atom stereocenters. The van der Waals surface area contributed by atoms with Crippen LogP contribution in [0.4, 0.5) is 0 Å². The van der Waals surface area contributed by atoms with Gasteiger partial charge in [-0.2, -0.15) is 5.26 Å². The van der Waals surface area contributed by atoms with Gasteiger partial charge in [-0.05, 0) is 11.6 Å². The Morgan fingerprint density at radius 1 is 1.20 bits per heavy atom. The van der Waals surface area contributed by atoms with Crippen molar-refractivity contribution in [3.8, 4) is 6.07 Å². The summed E-state index contributed by atoms with van der Waals surface area (Å²) < 4.78 is 9.11. The summed E-state index contributed by atoms with van der Waals surface area (Å²) in [5.74, 6) is -1.74. The van der Waals surface area contributed by atoms with E-state index < -0.39 is 11.9 Å². The van der Waals surface area contributed by atoms with Gasteiger partial charge in [0.1, 0.15) is 11.6 Å². The van der Waals surface area contributed by atoms with Crippen LogP contribution < -0.4 is 0 Å². The molecule has 1 aromatic rings. The molecule has 0 aliphatic rings. The molecule has 0 bridgehead atoms. The van der Waals surface area contributed by atoms with Crippen molar-refractivity contribution in [1.29, 1.82) is 5.26 Å². The number of carbonyl (C=O) groups is 2. The third kappa shape index (κ3) is 6.36. The molecular formula is C19H20N2O4. The smallest absolute Gasteiger partial charge is 0.345 e. The lowest BCUT2D eigenvalue weighted by molar-refractivity contribution is -0.144. The summed E-state index contributed by atoms with van der Waals surface area (Å²) in [5.41, 5.74) is 0.808. The van der Waals surface area contributed by atoms with Crippen molar-refractivity contribution >= 4 is 11.9 Å². The first-order valence-electron chi connectivity index (χ1n) is 7.44. The summed E-state index contributed by atoms with van der Waals surface area (Å²) >= 11 is 0. The highest BCUT2D eigenvalue weighted by molar-refractivity contribution is 6.14. The Morgan fingerprint density at radius 3 is 2.28 bits per heavy atom. The van der Waals surface area contributed by atoms with Crippen LogP contribution in [0, 0.1) is 11.3 Å². The van der Waals surface area contributed by atoms with Crippen LogP contribution in [-0.4, -0.2) is 37.6 Å². The van der Waals surface area contributed by atoms with Gasteiger partial charge < -0.3 is 14.4 Å². The lowest BCUT2D eigenvalue weighted by Gasteiger charge is -2.19. The van der Waals surface area contributed by atoms with Crippen molar-refractivity contribution < 1.29 is 19.1 Å². The molecule has 0 aliphatic carbocycles. The fraction of sp³-hybridized carbons (Fsp3) is 0.211. The number of hydrogen-bond donors (Lipinski definition) is 0. The molecule has 0 amide bonds. The molecule has 0 aliphatic heterocycles. The molecule has 0 unspecified atom stereocenters. The topological polar surface area (TPSA) is 79.6 Å². The Bertz CT molecular complexity index is 697. The third-order valence-corrected chi connectivity index (χ3v) is 3.15. The second-order valence-electron chi connectivity index (χ2n) is 4.94. The molecule has 0 radical (unpaired) electrons. The van der Waals surface area contributed by atoms with Crippen LogP contribution in [0.3, 0.4) is 0 Å². The molecule has 0 saturated heterocycles. The van der Waals surface area contributed by atoms with Gasteiger partial charge in [0.15, 0.2) is 0 Å². The van der Waals surface area contributed by atoms with Crippen molar-refractivity contribution in [3.05, 3.63) is 72.0 Å². The first-order chi connectivity index (χ1) is 12.0.